The van der Waals surface area contributed by atoms with Gasteiger partial charge in [0.25, 0.3) is 0 Å². The quantitative estimate of drug-likeness (QED) is 0.374. The number of aromatic nitrogens is 1. The Labute approximate surface area is 204 Å². The van der Waals surface area contributed by atoms with E-state index < -0.39 is 10.0 Å². The Morgan fingerprint density at radius 3 is 2.49 bits per heavy atom. The van der Waals surface area contributed by atoms with Gasteiger partial charge in [0.05, 0.1) is 5.75 Å². The molecular formula is C26H26N4O4S. The number of carbonyl (C=O) groups is 1. The molecule has 2 aromatic carbocycles. The van der Waals surface area contributed by atoms with Crippen molar-refractivity contribution < 1.29 is 18.3 Å². The molecule has 1 aliphatic carbocycles. The number of rotatable bonds is 8. The highest BCUT2D eigenvalue weighted by Crippen LogP contribution is 2.33. The molecule has 1 aliphatic rings. The second-order valence-corrected chi connectivity index (χ2v) is 9.95. The molecule has 4 rings (SSSR count). The highest BCUT2D eigenvalue weighted by Gasteiger charge is 2.26. The number of hydrogen-bond donors (Lipinski definition) is 4. The number of allylic oxidation sites excluding steroid dienone is 4. The Morgan fingerprint density at radius 1 is 0.971 bits per heavy atom. The van der Waals surface area contributed by atoms with Gasteiger partial charge in [-0.05, 0) is 53.6 Å². The van der Waals surface area contributed by atoms with Crippen LogP contribution in [-0.2, 0) is 16.6 Å². The molecule has 2 amide bonds. The van der Waals surface area contributed by atoms with E-state index in [-0.39, 0.29) is 29.4 Å². The first-order valence-electron chi connectivity index (χ1n) is 11.1. The van der Waals surface area contributed by atoms with E-state index in [0.29, 0.717) is 17.9 Å². The molecule has 9 heteroatoms. The van der Waals surface area contributed by atoms with E-state index in [2.05, 4.69) is 20.3 Å². The standard InChI is InChI=1S/C26H26N4O4S/c31-24-8-3-7-20(15-24)25-9-2-1-6-21(25)18-35(33,34)30-23-12-10-22(11-13-23)29-26(32)28-17-19-5-4-14-27-16-19/h1-16,21,25,30-31H,17-18H2,(H2,28,29,32). The Kier molecular flexibility index (Phi) is 7.47. The van der Waals surface area contributed by atoms with Crippen molar-refractivity contribution in [2.75, 3.05) is 15.8 Å². The Balaban J connectivity index is 1.34. The number of sulfonamides is 1. The number of anilines is 2. The number of phenols is 1. The summed E-state index contributed by atoms with van der Waals surface area (Å²) in [4.78, 5) is 16.1. The van der Waals surface area contributed by atoms with Gasteiger partial charge < -0.3 is 15.7 Å². The van der Waals surface area contributed by atoms with E-state index in [1.165, 1.54) is 0 Å². The van der Waals surface area contributed by atoms with E-state index in [4.69, 9.17) is 0 Å². The van der Waals surface area contributed by atoms with Crippen LogP contribution >= 0.6 is 0 Å². The smallest absolute Gasteiger partial charge is 0.319 e. The lowest BCUT2D eigenvalue weighted by Gasteiger charge is -2.25. The van der Waals surface area contributed by atoms with Crippen molar-refractivity contribution in [3.8, 4) is 5.75 Å². The third-order valence-electron chi connectivity index (χ3n) is 5.51. The van der Waals surface area contributed by atoms with Crippen molar-refractivity contribution in [3.63, 3.8) is 0 Å². The molecule has 0 aliphatic heterocycles. The number of carbonyl (C=O) groups excluding carboxylic acids is 1. The summed E-state index contributed by atoms with van der Waals surface area (Å²) in [6, 6.07) is 16.6. The average molecular weight is 491 g/mol. The predicted octanol–water partition coefficient (Wildman–Crippen LogP) is 4.38. The number of nitrogens with one attached hydrogen (secondary N) is 3. The molecule has 2 atom stereocenters. The molecule has 0 fully saturated rings. The Hall–Kier alpha value is -4.11. The number of phenolic OH excluding ortho intramolecular Hbond substituents is 1. The zero-order chi connectivity index (χ0) is 24.7. The molecule has 35 heavy (non-hydrogen) atoms. The highest BCUT2D eigenvalue weighted by atomic mass is 32.2. The third kappa shape index (κ3) is 6.94. The normalized spacial score (nSPS) is 17.0. The number of pyridine rings is 1. The first-order chi connectivity index (χ1) is 16.9. The highest BCUT2D eigenvalue weighted by molar-refractivity contribution is 7.92. The van der Waals surface area contributed by atoms with Crippen molar-refractivity contribution in [2.24, 2.45) is 5.92 Å². The summed E-state index contributed by atoms with van der Waals surface area (Å²) in [7, 11) is -3.66. The molecular weight excluding hydrogens is 464 g/mol. The largest absolute Gasteiger partial charge is 0.508 e. The Morgan fingerprint density at radius 2 is 1.74 bits per heavy atom. The predicted molar refractivity (Wildman–Crippen MR) is 137 cm³/mol. The summed E-state index contributed by atoms with van der Waals surface area (Å²) < 4.78 is 28.4. The van der Waals surface area contributed by atoms with Crippen LogP contribution in [0.3, 0.4) is 0 Å². The molecule has 4 N–H and O–H groups in total. The fourth-order valence-electron chi connectivity index (χ4n) is 3.86. The maximum Gasteiger partial charge on any atom is 0.319 e. The van der Waals surface area contributed by atoms with Crippen LogP contribution in [0.25, 0.3) is 0 Å². The van der Waals surface area contributed by atoms with Crippen LogP contribution in [0.2, 0.25) is 0 Å². The van der Waals surface area contributed by atoms with Gasteiger partial charge in [-0.3, -0.25) is 9.71 Å². The number of aromatic hydroxyl groups is 1. The minimum atomic E-state index is -3.66. The van der Waals surface area contributed by atoms with Gasteiger partial charge in [0.15, 0.2) is 0 Å². The van der Waals surface area contributed by atoms with Crippen LogP contribution in [-0.4, -0.2) is 30.3 Å². The summed E-state index contributed by atoms with van der Waals surface area (Å²) in [5, 5.41) is 15.3. The van der Waals surface area contributed by atoms with E-state index in [1.54, 1.807) is 60.9 Å². The Bertz CT molecular complexity index is 1320. The van der Waals surface area contributed by atoms with Gasteiger partial charge in [-0.2, -0.15) is 0 Å². The lowest BCUT2D eigenvalue weighted by molar-refractivity contribution is 0.251. The van der Waals surface area contributed by atoms with Gasteiger partial charge in [-0.25, -0.2) is 13.2 Å². The fourth-order valence-corrected chi connectivity index (χ4v) is 5.26. The summed E-state index contributed by atoms with van der Waals surface area (Å²) >= 11 is 0. The second kappa shape index (κ2) is 10.9. The van der Waals surface area contributed by atoms with E-state index >= 15 is 0 Å². The maximum atomic E-state index is 12.9. The molecule has 180 valence electrons. The van der Waals surface area contributed by atoms with Crippen molar-refractivity contribution in [1.29, 1.82) is 0 Å². The molecule has 0 saturated carbocycles. The van der Waals surface area contributed by atoms with Gasteiger partial charge in [-0.15, -0.1) is 0 Å². The van der Waals surface area contributed by atoms with E-state index in [1.807, 2.05) is 36.4 Å². The summed E-state index contributed by atoms with van der Waals surface area (Å²) in [6.45, 7) is 0.339. The topological polar surface area (TPSA) is 120 Å². The summed E-state index contributed by atoms with van der Waals surface area (Å²) in [5.74, 6) is -0.431. The number of urea groups is 1. The monoisotopic (exact) mass is 490 g/mol. The van der Waals surface area contributed by atoms with Crippen molar-refractivity contribution in [1.82, 2.24) is 10.3 Å². The number of nitrogens with zero attached hydrogens (tertiary/aromatic N) is 1. The van der Waals surface area contributed by atoms with Gasteiger partial charge in [0.2, 0.25) is 10.0 Å². The molecule has 0 radical (unpaired) electrons. The summed E-state index contributed by atoms with van der Waals surface area (Å²) in [6.07, 6.45) is 10.9. The second-order valence-electron chi connectivity index (χ2n) is 8.18. The first-order valence-corrected chi connectivity index (χ1v) is 12.7. The van der Waals surface area contributed by atoms with E-state index in [9.17, 15) is 18.3 Å². The lowest BCUT2D eigenvalue weighted by atomic mass is 9.84. The SMILES string of the molecule is O=C(NCc1cccnc1)Nc1ccc(NS(=O)(=O)CC2C=CC=CC2c2cccc(O)c2)cc1. The summed E-state index contributed by atoms with van der Waals surface area (Å²) in [5.41, 5.74) is 2.65. The molecule has 8 nitrogen and oxygen atoms in total. The van der Waals surface area contributed by atoms with Crippen molar-refractivity contribution in [3.05, 3.63) is 108 Å². The van der Waals surface area contributed by atoms with Crippen LogP contribution in [0.4, 0.5) is 16.2 Å². The molecule has 0 bridgehead atoms. The molecule has 3 aromatic rings. The number of benzene rings is 2. The molecule has 0 saturated heterocycles. The molecule has 1 aromatic heterocycles. The zero-order valence-electron chi connectivity index (χ0n) is 18.8. The molecule has 2 unspecified atom stereocenters. The average Bonchev–Trinajstić information content (AvgIpc) is 2.84. The van der Waals surface area contributed by atoms with Crippen LogP contribution < -0.4 is 15.4 Å². The van der Waals surface area contributed by atoms with E-state index in [0.717, 1.165) is 11.1 Å². The molecule has 0 spiro atoms. The van der Waals surface area contributed by atoms with Gasteiger partial charge in [0.1, 0.15) is 5.75 Å². The number of hydrogen-bond acceptors (Lipinski definition) is 5. The molecule has 1 heterocycles. The van der Waals surface area contributed by atoms with Crippen LogP contribution in [0.1, 0.15) is 17.0 Å². The fraction of sp³-hybridized carbons (Fsp3) is 0.154. The van der Waals surface area contributed by atoms with Crippen LogP contribution in [0, 0.1) is 5.92 Å². The minimum Gasteiger partial charge on any atom is -0.508 e. The van der Waals surface area contributed by atoms with Crippen molar-refractivity contribution >= 4 is 27.4 Å². The zero-order valence-corrected chi connectivity index (χ0v) is 19.7. The van der Waals surface area contributed by atoms with Crippen molar-refractivity contribution in [2.45, 2.75) is 12.5 Å². The van der Waals surface area contributed by atoms with Crippen LogP contribution in [0.5, 0.6) is 5.75 Å². The minimum absolute atomic E-state index is 0.120. The number of amides is 2. The van der Waals surface area contributed by atoms with Gasteiger partial charge in [-0.1, -0.05) is 42.5 Å². The lowest BCUT2D eigenvalue weighted by Crippen LogP contribution is -2.28. The van der Waals surface area contributed by atoms with Crippen LogP contribution in [0.15, 0.2) is 97.4 Å². The maximum absolute atomic E-state index is 12.9. The van der Waals surface area contributed by atoms with Gasteiger partial charge in [0, 0.05) is 42.1 Å². The van der Waals surface area contributed by atoms with Gasteiger partial charge >= 0.3 is 6.03 Å². The third-order valence-corrected chi connectivity index (χ3v) is 6.88. The first kappa shape index (κ1) is 24.0.